The second kappa shape index (κ2) is 7.96. The van der Waals surface area contributed by atoms with Gasteiger partial charge in [-0.25, -0.2) is 8.42 Å². The maximum atomic E-state index is 12.7. The fraction of sp³-hybridized carbons (Fsp3) is 0.368. The molecule has 1 amide bonds. The fourth-order valence-corrected chi connectivity index (χ4v) is 3.48. The van der Waals surface area contributed by atoms with Crippen molar-refractivity contribution < 1.29 is 13.2 Å². The van der Waals surface area contributed by atoms with Crippen LogP contribution in [0.1, 0.15) is 32.9 Å². The van der Waals surface area contributed by atoms with Crippen LogP contribution in [0.3, 0.4) is 0 Å². The van der Waals surface area contributed by atoms with Crippen molar-refractivity contribution in [3.8, 4) is 0 Å². The molecule has 2 rings (SSSR count). The maximum absolute atomic E-state index is 12.7. The van der Waals surface area contributed by atoms with E-state index in [4.69, 9.17) is 0 Å². The molecule has 1 aromatic heterocycles. The molecule has 146 valence electrons. The first-order chi connectivity index (χ1) is 12.6. The van der Waals surface area contributed by atoms with Gasteiger partial charge in [0.05, 0.1) is 4.90 Å². The van der Waals surface area contributed by atoms with E-state index in [0.29, 0.717) is 5.69 Å². The number of carbonyl (C=O) groups excluding carboxylic acids is 1. The number of nitrogens with zero attached hydrogens (tertiary/aromatic N) is 1. The Balaban J connectivity index is 2.30. The number of hydrogen-bond donors (Lipinski definition) is 2. The van der Waals surface area contributed by atoms with E-state index in [-0.39, 0.29) is 28.6 Å². The smallest absolute Gasteiger partial charge is 0.275 e. The van der Waals surface area contributed by atoms with Gasteiger partial charge in [-0.2, -0.15) is 0 Å². The Labute approximate surface area is 159 Å². The van der Waals surface area contributed by atoms with Gasteiger partial charge in [0.15, 0.2) is 0 Å². The van der Waals surface area contributed by atoms with E-state index in [2.05, 4.69) is 10.0 Å². The predicted octanol–water partition coefficient (Wildman–Crippen LogP) is 2.26. The largest absolute Gasteiger partial charge is 0.350 e. The van der Waals surface area contributed by atoms with Crippen LogP contribution in [0, 0.1) is 6.92 Å². The van der Waals surface area contributed by atoms with Crippen molar-refractivity contribution in [1.82, 2.24) is 9.88 Å². The highest BCUT2D eigenvalue weighted by molar-refractivity contribution is 7.92. The molecule has 1 aromatic carbocycles. The summed E-state index contributed by atoms with van der Waals surface area (Å²) in [6.45, 7) is 7.25. The third-order valence-corrected chi connectivity index (χ3v) is 5.74. The minimum Gasteiger partial charge on any atom is -0.350 e. The first kappa shape index (κ1) is 20.7. The van der Waals surface area contributed by atoms with E-state index >= 15 is 0 Å². The second-order valence-electron chi connectivity index (χ2n) is 6.98. The molecule has 0 saturated carbocycles. The van der Waals surface area contributed by atoms with E-state index in [1.807, 2.05) is 20.8 Å². The number of sulfonamides is 1. The topological polar surface area (TPSA) is 97.3 Å². The van der Waals surface area contributed by atoms with Crippen molar-refractivity contribution in [2.75, 3.05) is 4.72 Å². The number of aryl methyl sites for hydroxylation is 1. The minimum absolute atomic E-state index is 0.0546. The molecular formula is C19H25N3O4S. The van der Waals surface area contributed by atoms with Gasteiger partial charge in [0.2, 0.25) is 5.91 Å². The Bertz CT molecular complexity index is 980. The lowest BCUT2D eigenvalue weighted by Crippen LogP contribution is -2.45. The zero-order valence-corrected chi connectivity index (χ0v) is 16.8. The summed E-state index contributed by atoms with van der Waals surface area (Å²) in [5, 5.41) is 2.87. The van der Waals surface area contributed by atoms with Crippen LogP contribution >= 0.6 is 0 Å². The molecule has 0 radical (unpaired) electrons. The lowest BCUT2D eigenvalue weighted by atomic mass is 10.0. The molecule has 2 aromatic rings. The van der Waals surface area contributed by atoms with Gasteiger partial charge in [-0.05, 0) is 51.5 Å². The van der Waals surface area contributed by atoms with E-state index in [0.717, 1.165) is 6.42 Å². The average Bonchev–Trinajstić information content (AvgIpc) is 2.61. The number of benzene rings is 1. The van der Waals surface area contributed by atoms with Crippen LogP contribution in [-0.4, -0.2) is 24.4 Å². The molecule has 7 nitrogen and oxygen atoms in total. The number of pyridine rings is 1. The Morgan fingerprint density at radius 3 is 2.33 bits per heavy atom. The molecule has 0 aliphatic rings. The molecule has 0 fully saturated rings. The van der Waals surface area contributed by atoms with Crippen molar-refractivity contribution in [3.05, 3.63) is 58.5 Å². The lowest BCUT2D eigenvalue weighted by molar-refractivity contribution is -0.123. The minimum atomic E-state index is -3.89. The standard InChI is InChI=1S/C19H25N3O4S/c1-5-19(3,4)20-17(23)13-22-14(2)11-12-16(18(22)24)21-27(25,26)15-9-7-6-8-10-15/h6-12,21H,5,13H2,1-4H3,(H,20,23). The molecule has 0 atom stereocenters. The van der Waals surface area contributed by atoms with Crippen LogP contribution in [0.5, 0.6) is 0 Å². The van der Waals surface area contributed by atoms with Crippen molar-refractivity contribution in [2.24, 2.45) is 0 Å². The highest BCUT2D eigenvalue weighted by atomic mass is 32.2. The van der Waals surface area contributed by atoms with Gasteiger partial charge in [0, 0.05) is 11.2 Å². The molecule has 0 aliphatic carbocycles. The van der Waals surface area contributed by atoms with Gasteiger partial charge in [0.1, 0.15) is 12.2 Å². The number of aromatic nitrogens is 1. The molecule has 0 aliphatic heterocycles. The zero-order valence-electron chi connectivity index (χ0n) is 15.9. The molecule has 0 saturated heterocycles. The van der Waals surface area contributed by atoms with Crippen LogP contribution in [0.25, 0.3) is 0 Å². The predicted molar refractivity (Wildman–Crippen MR) is 105 cm³/mol. The van der Waals surface area contributed by atoms with Crippen molar-refractivity contribution in [1.29, 1.82) is 0 Å². The zero-order chi connectivity index (χ0) is 20.2. The normalized spacial score (nSPS) is 11.9. The Kier molecular flexibility index (Phi) is 6.10. The van der Waals surface area contributed by atoms with Crippen LogP contribution in [-0.2, 0) is 21.4 Å². The van der Waals surface area contributed by atoms with Crippen LogP contribution in [0.15, 0.2) is 52.2 Å². The van der Waals surface area contributed by atoms with Gasteiger partial charge in [-0.1, -0.05) is 25.1 Å². The van der Waals surface area contributed by atoms with Crippen molar-refractivity contribution >= 4 is 21.6 Å². The summed E-state index contributed by atoms with van der Waals surface area (Å²) in [4.78, 5) is 25.1. The summed E-state index contributed by atoms with van der Waals surface area (Å²) in [5.74, 6) is -0.310. The third kappa shape index (κ3) is 5.19. The summed E-state index contributed by atoms with van der Waals surface area (Å²) in [5.41, 5.74) is -0.501. The first-order valence-electron chi connectivity index (χ1n) is 8.65. The lowest BCUT2D eigenvalue weighted by Gasteiger charge is -2.25. The van der Waals surface area contributed by atoms with Crippen molar-refractivity contribution in [2.45, 2.75) is 51.1 Å². The number of rotatable bonds is 7. The van der Waals surface area contributed by atoms with Gasteiger partial charge >= 0.3 is 0 Å². The van der Waals surface area contributed by atoms with Crippen LogP contribution in [0.4, 0.5) is 5.69 Å². The van der Waals surface area contributed by atoms with Gasteiger partial charge in [-0.3, -0.25) is 14.3 Å². The number of hydrogen-bond acceptors (Lipinski definition) is 4. The van der Waals surface area contributed by atoms with E-state index in [1.54, 1.807) is 31.2 Å². The number of nitrogens with one attached hydrogen (secondary N) is 2. The highest BCUT2D eigenvalue weighted by Crippen LogP contribution is 2.13. The summed E-state index contributed by atoms with van der Waals surface area (Å²) in [6.07, 6.45) is 0.740. The van der Waals surface area contributed by atoms with Gasteiger partial charge < -0.3 is 9.88 Å². The number of carbonyl (C=O) groups is 1. The van der Waals surface area contributed by atoms with E-state index in [1.165, 1.54) is 22.8 Å². The second-order valence-corrected chi connectivity index (χ2v) is 8.67. The molecule has 27 heavy (non-hydrogen) atoms. The molecule has 0 spiro atoms. The molecule has 2 N–H and O–H groups in total. The van der Waals surface area contributed by atoms with E-state index < -0.39 is 15.6 Å². The molecule has 0 bridgehead atoms. The number of amides is 1. The summed E-state index contributed by atoms with van der Waals surface area (Å²) in [7, 11) is -3.89. The number of anilines is 1. The average molecular weight is 391 g/mol. The van der Waals surface area contributed by atoms with E-state index in [9.17, 15) is 18.0 Å². The Morgan fingerprint density at radius 2 is 1.74 bits per heavy atom. The fourth-order valence-electron chi connectivity index (χ4n) is 2.40. The summed E-state index contributed by atoms with van der Waals surface area (Å²) in [6, 6.07) is 10.8. The van der Waals surface area contributed by atoms with Crippen LogP contribution < -0.4 is 15.6 Å². The third-order valence-electron chi connectivity index (χ3n) is 4.35. The van der Waals surface area contributed by atoms with Gasteiger partial charge in [-0.15, -0.1) is 0 Å². The SMILES string of the molecule is CCC(C)(C)NC(=O)Cn1c(C)ccc(NS(=O)(=O)c2ccccc2)c1=O. The first-order valence-corrected chi connectivity index (χ1v) is 10.1. The monoisotopic (exact) mass is 391 g/mol. The Morgan fingerprint density at radius 1 is 1.11 bits per heavy atom. The Hall–Kier alpha value is -2.61. The molecule has 8 heteroatoms. The molecular weight excluding hydrogens is 366 g/mol. The summed E-state index contributed by atoms with van der Waals surface area (Å²) >= 11 is 0. The maximum Gasteiger partial charge on any atom is 0.275 e. The molecule has 1 heterocycles. The summed E-state index contributed by atoms with van der Waals surface area (Å²) < 4.78 is 28.5. The van der Waals surface area contributed by atoms with Crippen molar-refractivity contribution in [3.63, 3.8) is 0 Å². The van der Waals surface area contributed by atoms with Crippen LogP contribution in [0.2, 0.25) is 0 Å². The highest BCUT2D eigenvalue weighted by Gasteiger charge is 2.20. The quantitative estimate of drug-likeness (QED) is 0.756. The molecule has 0 unspecified atom stereocenters. The van der Waals surface area contributed by atoms with Gasteiger partial charge in [0.25, 0.3) is 15.6 Å².